The fraction of sp³-hybridized carbons (Fsp3) is 0.889. The summed E-state index contributed by atoms with van der Waals surface area (Å²) in [6, 6.07) is 0. The fourth-order valence-corrected chi connectivity index (χ4v) is 1.07. The van der Waals surface area contributed by atoms with E-state index >= 15 is 0 Å². The van der Waals surface area contributed by atoms with Crippen LogP contribution >= 0.6 is 0 Å². The molecule has 13 heavy (non-hydrogen) atoms. The maximum Gasteiger partial charge on any atom is 0.248 e. The van der Waals surface area contributed by atoms with Crippen LogP contribution in [0.1, 0.15) is 13.8 Å². The number of nitrogens with zero attached hydrogens (tertiary/aromatic N) is 1. The van der Waals surface area contributed by atoms with E-state index in [4.69, 9.17) is 10.5 Å². The van der Waals surface area contributed by atoms with Gasteiger partial charge < -0.3 is 15.4 Å². The molecule has 0 radical (unpaired) electrons. The second-order valence-corrected chi connectivity index (χ2v) is 3.21. The van der Waals surface area contributed by atoms with E-state index in [9.17, 15) is 4.79 Å². The van der Waals surface area contributed by atoms with Crippen LogP contribution in [-0.2, 0) is 9.53 Å². The van der Waals surface area contributed by atoms with Crippen molar-refractivity contribution in [3.63, 3.8) is 0 Å². The topological polar surface area (TPSA) is 55.6 Å². The van der Waals surface area contributed by atoms with Gasteiger partial charge >= 0.3 is 0 Å². The lowest BCUT2D eigenvalue weighted by Gasteiger charge is -2.23. The summed E-state index contributed by atoms with van der Waals surface area (Å²) in [6.07, 6.45) is 0. The van der Waals surface area contributed by atoms with Crippen molar-refractivity contribution in [1.29, 1.82) is 0 Å². The lowest BCUT2D eigenvalue weighted by molar-refractivity contribution is -0.135. The number of nitrogens with two attached hydrogens (primary N) is 1. The summed E-state index contributed by atoms with van der Waals surface area (Å²) in [4.78, 5) is 13.2. The van der Waals surface area contributed by atoms with Crippen LogP contribution in [-0.4, -0.2) is 44.2 Å². The minimum atomic E-state index is 0.0327. The molecule has 0 rings (SSSR count). The van der Waals surface area contributed by atoms with Crippen molar-refractivity contribution in [2.75, 3.05) is 33.4 Å². The Labute approximate surface area is 80.0 Å². The molecule has 0 aliphatic carbocycles. The first-order valence-electron chi connectivity index (χ1n) is 4.62. The Bertz CT molecular complexity index is 151. The molecule has 4 heteroatoms. The lowest BCUT2D eigenvalue weighted by atomic mass is 10.1. The van der Waals surface area contributed by atoms with E-state index < -0.39 is 0 Å². The Morgan fingerprint density at radius 3 is 2.62 bits per heavy atom. The number of carbonyl (C=O) groups excluding carboxylic acids is 1. The smallest absolute Gasteiger partial charge is 0.248 e. The van der Waals surface area contributed by atoms with Crippen LogP contribution in [0.15, 0.2) is 0 Å². The van der Waals surface area contributed by atoms with E-state index in [2.05, 4.69) is 0 Å². The Balaban J connectivity index is 3.94. The van der Waals surface area contributed by atoms with E-state index in [0.717, 1.165) is 6.54 Å². The molecule has 0 aromatic rings. The summed E-state index contributed by atoms with van der Waals surface area (Å²) in [5.74, 6) is 0.381. The number of hydrogen-bond donors (Lipinski definition) is 1. The standard InChI is InChI=1S/C9H20N2O2/c1-4-11(6-8(2)5-10)9(12)7-13-3/h8H,4-7,10H2,1-3H3. The maximum atomic E-state index is 11.4. The zero-order valence-corrected chi connectivity index (χ0v) is 8.75. The third-order valence-electron chi connectivity index (χ3n) is 1.94. The van der Waals surface area contributed by atoms with Gasteiger partial charge in [-0.2, -0.15) is 0 Å². The molecule has 0 saturated carbocycles. The minimum absolute atomic E-state index is 0.0327. The van der Waals surface area contributed by atoms with Crippen molar-refractivity contribution in [2.45, 2.75) is 13.8 Å². The molecule has 2 N–H and O–H groups in total. The van der Waals surface area contributed by atoms with E-state index in [1.54, 1.807) is 4.90 Å². The van der Waals surface area contributed by atoms with Gasteiger partial charge in [0.25, 0.3) is 0 Å². The van der Waals surface area contributed by atoms with Gasteiger partial charge in [-0.05, 0) is 19.4 Å². The molecule has 0 aromatic heterocycles. The number of carbonyl (C=O) groups is 1. The first kappa shape index (κ1) is 12.4. The molecule has 78 valence electrons. The predicted molar refractivity (Wildman–Crippen MR) is 52.3 cm³/mol. The third kappa shape index (κ3) is 4.85. The lowest BCUT2D eigenvalue weighted by Crippen LogP contribution is -2.38. The zero-order valence-electron chi connectivity index (χ0n) is 8.75. The van der Waals surface area contributed by atoms with Gasteiger partial charge in [-0.15, -0.1) is 0 Å². The first-order valence-corrected chi connectivity index (χ1v) is 4.62. The Morgan fingerprint density at radius 2 is 2.23 bits per heavy atom. The SMILES string of the molecule is CCN(CC(C)CN)C(=O)COC. The van der Waals surface area contributed by atoms with Crippen molar-refractivity contribution in [2.24, 2.45) is 11.7 Å². The quantitative estimate of drug-likeness (QED) is 0.642. The molecular formula is C9H20N2O2. The highest BCUT2D eigenvalue weighted by molar-refractivity contribution is 5.77. The summed E-state index contributed by atoms with van der Waals surface area (Å²) in [5, 5.41) is 0. The zero-order chi connectivity index (χ0) is 10.3. The molecule has 0 spiro atoms. The summed E-state index contributed by atoms with van der Waals surface area (Å²) >= 11 is 0. The number of methoxy groups -OCH3 is 1. The predicted octanol–water partition coefficient (Wildman–Crippen LogP) is 0.0761. The van der Waals surface area contributed by atoms with E-state index in [0.29, 0.717) is 19.0 Å². The van der Waals surface area contributed by atoms with Gasteiger partial charge in [0, 0.05) is 20.2 Å². The average Bonchev–Trinajstić information content (AvgIpc) is 2.14. The Kier molecular flexibility index (Phi) is 6.54. The fourth-order valence-electron chi connectivity index (χ4n) is 1.07. The van der Waals surface area contributed by atoms with Crippen LogP contribution in [0.25, 0.3) is 0 Å². The van der Waals surface area contributed by atoms with Crippen LogP contribution in [0.3, 0.4) is 0 Å². The molecule has 0 aliphatic heterocycles. The molecule has 1 amide bonds. The molecule has 0 fully saturated rings. The van der Waals surface area contributed by atoms with Gasteiger partial charge in [0.05, 0.1) is 0 Å². The van der Waals surface area contributed by atoms with E-state index in [1.165, 1.54) is 7.11 Å². The minimum Gasteiger partial charge on any atom is -0.375 e. The summed E-state index contributed by atoms with van der Waals surface area (Å²) in [7, 11) is 1.53. The van der Waals surface area contributed by atoms with Gasteiger partial charge in [0.15, 0.2) is 0 Å². The average molecular weight is 188 g/mol. The highest BCUT2D eigenvalue weighted by Crippen LogP contribution is 1.98. The molecule has 0 aliphatic rings. The van der Waals surface area contributed by atoms with Gasteiger partial charge in [-0.1, -0.05) is 6.92 Å². The maximum absolute atomic E-state index is 11.4. The van der Waals surface area contributed by atoms with Crippen LogP contribution in [0.4, 0.5) is 0 Å². The number of likely N-dealkylation sites (N-methyl/N-ethyl adjacent to an activating group) is 1. The molecular weight excluding hydrogens is 168 g/mol. The Morgan fingerprint density at radius 1 is 1.62 bits per heavy atom. The normalized spacial score (nSPS) is 12.6. The summed E-state index contributed by atoms with van der Waals surface area (Å²) < 4.78 is 4.78. The van der Waals surface area contributed by atoms with Gasteiger partial charge in [0.1, 0.15) is 6.61 Å². The van der Waals surface area contributed by atoms with Crippen molar-refractivity contribution >= 4 is 5.91 Å². The van der Waals surface area contributed by atoms with Gasteiger partial charge in [0.2, 0.25) is 5.91 Å². The van der Waals surface area contributed by atoms with Gasteiger partial charge in [-0.25, -0.2) is 0 Å². The van der Waals surface area contributed by atoms with Crippen molar-refractivity contribution in [3.05, 3.63) is 0 Å². The monoisotopic (exact) mass is 188 g/mol. The van der Waals surface area contributed by atoms with Crippen molar-refractivity contribution < 1.29 is 9.53 Å². The van der Waals surface area contributed by atoms with Crippen LogP contribution in [0.2, 0.25) is 0 Å². The largest absolute Gasteiger partial charge is 0.375 e. The molecule has 4 nitrogen and oxygen atoms in total. The van der Waals surface area contributed by atoms with E-state index in [1.807, 2.05) is 13.8 Å². The highest BCUT2D eigenvalue weighted by Gasteiger charge is 2.13. The Hall–Kier alpha value is -0.610. The molecule has 0 heterocycles. The van der Waals surface area contributed by atoms with Crippen molar-refractivity contribution in [3.8, 4) is 0 Å². The van der Waals surface area contributed by atoms with Crippen LogP contribution < -0.4 is 5.73 Å². The first-order chi connectivity index (χ1) is 6.15. The second kappa shape index (κ2) is 6.86. The number of hydrogen-bond acceptors (Lipinski definition) is 3. The number of amides is 1. The number of ether oxygens (including phenoxy) is 1. The van der Waals surface area contributed by atoms with Crippen LogP contribution in [0, 0.1) is 5.92 Å². The molecule has 0 bridgehead atoms. The molecule has 0 aromatic carbocycles. The molecule has 0 saturated heterocycles. The van der Waals surface area contributed by atoms with Crippen LogP contribution in [0.5, 0.6) is 0 Å². The summed E-state index contributed by atoms with van der Waals surface area (Å²) in [6.45, 7) is 6.18. The highest BCUT2D eigenvalue weighted by atomic mass is 16.5. The third-order valence-corrected chi connectivity index (χ3v) is 1.94. The number of rotatable bonds is 6. The van der Waals surface area contributed by atoms with Crippen molar-refractivity contribution in [1.82, 2.24) is 4.90 Å². The molecule has 1 unspecified atom stereocenters. The second-order valence-electron chi connectivity index (χ2n) is 3.21. The molecule has 1 atom stereocenters. The summed E-state index contributed by atoms with van der Waals surface area (Å²) in [5.41, 5.74) is 5.48. The van der Waals surface area contributed by atoms with E-state index in [-0.39, 0.29) is 12.5 Å². The van der Waals surface area contributed by atoms with Gasteiger partial charge in [-0.3, -0.25) is 4.79 Å².